The second kappa shape index (κ2) is 4.61. The van der Waals surface area contributed by atoms with Crippen LogP contribution >= 0.6 is 0 Å². The van der Waals surface area contributed by atoms with Gasteiger partial charge in [-0.2, -0.15) is 0 Å². The quantitative estimate of drug-likeness (QED) is 0.742. The van der Waals surface area contributed by atoms with Crippen molar-refractivity contribution in [3.63, 3.8) is 0 Å². The highest BCUT2D eigenvalue weighted by Gasteiger charge is 2.24. The third kappa shape index (κ3) is 2.68. The number of nitrogens with zero attached hydrogens (tertiary/aromatic N) is 1. The van der Waals surface area contributed by atoms with E-state index in [1.54, 1.807) is 0 Å². The molecule has 0 saturated carbocycles. The van der Waals surface area contributed by atoms with Crippen LogP contribution in [0, 0.1) is 0 Å². The highest BCUT2D eigenvalue weighted by molar-refractivity contribution is 5.28. The van der Waals surface area contributed by atoms with Gasteiger partial charge in [-0.15, -0.1) is 0 Å². The van der Waals surface area contributed by atoms with Crippen LogP contribution in [0.1, 0.15) is 5.56 Å². The van der Waals surface area contributed by atoms with Crippen molar-refractivity contribution in [1.82, 2.24) is 4.90 Å². The standard InChI is InChI=1S/C11H16N2O2/c1-13-6-11(7-13)15-10-4-2-3-9(5-10)8-14-12/h2-5,11H,6-8,12H2,1H3. The van der Waals surface area contributed by atoms with Gasteiger partial charge in [0, 0.05) is 13.1 Å². The third-order valence-electron chi connectivity index (χ3n) is 2.48. The molecule has 1 saturated heterocycles. The van der Waals surface area contributed by atoms with Crippen LogP contribution < -0.4 is 10.6 Å². The van der Waals surface area contributed by atoms with Gasteiger partial charge in [-0.05, 0) is 24.7 Å². The number of likely N-dealkylation sites (tertiary alicyclic amines) is 1. The summed E-state index contributed by atoms with van der Waals surface area (Å²) in [6, 6.07) is 7.84. The van der Waals surface area contributed by atoms with E-state index < -0.39 is 0 Å². The Balaban J connectivity index is 1.93. The maximum atomic E-state index is 5.77. The minimum absolute atomic E-state index is 0.323. The third-order valence-corrected chi connectivity index (χ3v) is 2.48. The van der Waals surface area contributed by atoms with Crippen LogP contribution in [-0.2, 0) is 11.4 Å². The monoisotopic (exact) mass is 208 g/mol. The second-order valence-electron chi connectivity index (χ2n) is 3.92. The largest absolute Gasteiger partial charge is 0.488 e. The van der Waals surface area contributed by atoms with Gasteiger partial charge in [0.2, 0.25) is 0 Å². The normalized spacial score (nSPS) is 17.5. The topological polar surface area (TPSA) is 47.7 Å². The van der Waals surface area contributed by atoms with Crippen molar-refractivity contribution < 1.29 is 9.57 Å². The maximum absolute atomic E-state index is 5.77. The minimum atomic E-state index is 0.323. The van der Waals surface area contributed by atoms with Crippen LogP contribution in [0.25, 0.3) is 0 Å². The van der Waals surface area contributed by atoms with Crippen LogP contribution in [0.2, 0.25) is 0 Å². The molecule has 0 bridgehead atoms. The lowest BCUT2D eigenvalue weighted by molar-refractivity contribution is 0.0386. The molecule has 1 aromatic rings. The summed E-state index contributed by atoms with van der Waals surface area (Å²) in [5.41, 5.74) is 1.03. The first-order valence-electron chi connectivity index (χ1n) is 5.04. The highest BCUT2D eigenvalue weighted by Crippen LogP contribution is 2.18. The molecule has 82 valence electrons. The summed E-state index contributed by atoms with van der Waals surface area (Å²) in [7, 11) is 2.08. The van der Waals surface area contributed by atoms with Crippen molar-refractivity contribution in [2.45, 2.75) is 12.7 Å². The summed E-state index contributed by atoms with van der Waals surface area (Å²) in [5, 5.41) is 0. The van der Waals surface area contributed by atoms with Crippen molar-refractivity contribution in [3.8, 4) is 5.75 Å². The molecule has 0 aromatic heterocycles. The fourth-order valence-electron chi connectivity index (χ4n) is 1.71. The Morgan fingerprint density at radius 3 is 2.93 bits per heavy atom. The lowest BCUT2D eigenvalue weighted by Crippen LogP contribution is -2.51. The Labute approximate surface area is 89.5 Å². The highest BCUT2D eigenvalue weighted by atomic mass is 16.6. The Bertz CT molecular complexity index is 324. The van der Waals surface area contributed by atoms with Crippen molar-refractivity contribution in [2.75, 3.05) is 20.1 Å². The first kappa shape index (κ1) is 10.4. The fourth-order valence-corrected chi connectivity index (χ4v) is 1.71. The van der Waals surface area contributed by atoms with Gasteiger partial charge in [0.05, 0.1) is 6.61 Å². The van der Waals surface area contributed by atoms with E-state index in [1.165, 1.54) is 0 Å². The van der Waals surface area contributed by atoms with E-state index in [9.17, 15) is 0 Å². The molecule has 4 nitrogen and oxygen atoms in total. The van der Waals surface area contributed by atoms with E-state index in [2.05, 4.69) is 16.8 Å². The molecule has 1 aromatic carbocycles. The van der Waals surface area contributed by atoms with E-state index in [0.29, 0.717) is 12.7 Å². The summed E-state index contributed by atoms with van der Waals surface area (Å²) in [5.74, 6) is 5.91. The number of hydrogen-bond acceptors (Lipinski definition) is 4. The van der Waals surface area contributed by atoms with Crippen LogP contribution in [0.3, 0.4) is 0 Å². The molecule has 1 aliphatic heterocycles. The summed E-state index contributed by atoms with van der Waals surface area (Å²) in [6.07, 6.45) is 0.323. The van der Waals surface area contributed by atoms with Gasteiger partial charge in [0.15, 0.2) is 0 Å². The van der Waals surface area contributed by atoms with E-state index in [1.807, 2.05) is 24.3 Å². The molecular weight excluding hydrogens is 192 g/mol. The van der Waals surface area contributed by atoms with E-state index in [-0.39, 0.29) is 0 Å². The Morgan fingerprint density at radius 1 is 1.47 bits per heavy atom. The first-order valence-corrected chi connectivity index (χ1v) is 5.04. The summed E-state index contributed by atoms with van der Waals surface area (Å²) < 4.78 is 5.77. The second-order valence-corrected chi connectivity index (χ2v) is 3.92. The van der Waals surface area contributed by atoms with E-state index in [4.69, 9.17) is 10.6 Å². The van der Waals surface area contributed by atoms with Crippen molar-refractivity contribution in [2.24, 2.45) is 5.90 Å². The summed E-state index contributed by atoms with van der Waals surface area (Å²) >= 11 is 0. The minimum Gasteiger partial charge on any atom is -0.488 e. The molecule has 2 rings (SSSR count). The summed E-state index contributed by atoms with van der Waals surface area (Å²) in [4.78, 5) is 6.80. The van der Waals surface area contributed by atoms with Crippen LogP contribution in [0.15, 0.2) is 24.3 Å². The molecule has 1 heterocycles. The van der Waals surface area contributed by atoms with Crippen molar-refractivity contribution in [1.29, 1.82) is 0 Å². The molecule has 0 unspecified atom stereocenters. The molecule has 0 amide bonds. The molecule has 1 aliphatic rings. The predicted molar refractivity (Wildman–Crippen MR) is 57.3 cm³/mol. The Hall–Kier alpha value is -1.10. The zero-order chi connectivity index (χ0) is 10.7. The number of nitrogens with two attached hydrogens (primary N) is 1. The van der Waals surface area contributed by atoms with E-state index in [0.717, 1.165) is 24.4 Å². The first-order chi connectivity index (χ1) is 7.28. The number of likely N-dealkylation sites (N-methyl/N-ethyl adjacent to an activating group) is 1. The van der Waals surface area contributed by atoms with Crippen LogP contribution in [0.4, 0.5) is 0 Å². The predicted octanol–water partition coefficient (Wildman–Crippen LogP) is 0.770. The van der Waals surface area contributed by atoms with Gasteiger partial charge in [0.25, 0.3) is 0 Å². The van der Waals surface area contributed by atoms with E-state index >= 15 is 0 Å². The molecule has 0 aliphatic carbocycles. The van der Waals surface area contributed by atoms with Gasteiger partial charge < -0.3 is 4.74 Å². The Morgan fingerprint density at radius 2 is 2.27 bits per heavy atom. The van der Waals surface area contributed by atoms with Crippen molar-refractivity contribution >= 4 is 0 Å². The van der Waals surface area contributed by atoms with Gasteiger partial charge in [0.1, 0.15) is 11.9 Å². The molecular formula is C11H16N2O2. The van der Waals surface area contributed by atoms with Crippen LogP contribution in [-0.4, -0.2) is 31.1 Å². The van der Waals surface area contributed by atoms with Gasteiger partial charge in [-0.25, -0.2) is 5.90 Å². The molecule has 0 radical (unpaired) electrons. The van der Waals surface area contributed by atoms with Gasteiger partial charge in [-0.3, -0.25) is 9.74 Å². The molecule has 1 fully saturated rings. The molecule has 4 heteroatoms. The molecule has 15 heavy (non-hydrogen) atoms. The van der Waals surface area contributed by atoms with Crippen LogP contribution in [0.5, 0.6) is 5.75 Å². The molecule has 0 spiro atoms. The lowest BCUT2D eigenvalue weighted by Gasteiger charge is -2.36. The zero-order valence-electron chi connectivity index (χ0n) is 8.85. The average molecular weight is 208 g/mol. The SMILES string of the molecule is CN1CC(Oc2cccc(CON)c2)C1. The number of benzene rings is 1. The summed E-state index contributed by atoms with van der Waals surface area (Å²) in [6.45, 7) is 2.41. The Kier molecular flexibility index (Phi) is 3.20. The number of hydrogen-bond donors (Lipinski definition) is 1. The lowest BCUT2D eigenvalue weighted by atomic mass is 10.2. The molecule has 2 N–H and O–H groups in total. The molecule has 0 atom stereocenters. The van der Waals surface area contributed by atoms with Crippen molar-refractivity contribution in [3.05, 3.63) is 29.8 Å². The van der Waals surface area contributed by atoms with Gasteiger partial charge >= 0.3 is 0 Å². The number of rotatable bonds is 4. The van der Waals surface area contributed by atoms with Gasteiger partial charge in [-0.1, -0.05) is 12.1 Å². The smallest absolute Gasteiger partial charge is 0.124 e. The average Bonchev–Trinajstić information content (AvgIpc) is 2.17. The zero-order valence-corrected chi connectivity index (χ0v) is 8.85. The fraction of sp³-hybridized carbons (Fsp3) is 0.455. The number of ether oxygens (including phenoxy) is 1. The maximum Gasteiger partial charge on any atom is 0.124 e.